The van der Waals surface area contributed by atoms with Crippen LogP contribution in [0.25, 0.3) is 0 Å². The van der Waals surface area contributed by atoms with Crippen molar-refractivity contribution in [2.75, 3.05) is 19.6 Å². The van der Waals surface area contributed by atoms with Crippen LogP contribution in [0.15, 0.2) is 0 Å². The summed E-state index contributed by atoms with van der Waals surface area (Å²) in [5.41, 5.74) is 0. The van der Waals surface area contributed by atoms with Gasteiger partial charge in [-0.05, 0) is 25.9 Å². The Balaban J connectivity index is 0. The maximum atomic E-state index is 9.17. The van der Waals surface area contributed by atoms with Crippen LogP contribution < -0.4 is 0 Å². The van der Waals surface area contributed by atoms with Gasteiger partial charge in [-0.15, -0.1) is 0 Å². The first kappa shape index (κ1) is 15.4. The molecule has 0 aliphatic carbocycles. The minimum absolute atomic E-state index is 0.0568. The molecule has 0 aromatic carbocycles. The van der Waals surface area contributed by atoms with E-state index in [4.69, 9.17) is 5.11 Å². The predicted molar refractivity (Wildman–Crippen MR) is 60.1 cm³/mol. The average Bonchev–Trinajstić information content (AvgIpc) is 2.24. The summed E-state index contributed by atoms with van der Waals surface area (Å²) in [7, 11) is 0. The van der Waals surface area contributed by atoms with Crippen molar-refractivity contribution in [3.8, 4) is 0 Å². The first-order valence-electron chi connectivity index (χ1n) is 5.73. The van der Waals surface area contributed by atoms with Crippen LogP contribution in [0.4, 0.5) is 0 Å². The zero-order valence-corrected chi connectivity index (χ0v) is 10.0. The molecule has 1 rings (SSSR count). The molecule has 1 aliphatic heterocycles. The maximum absolute atomic E-state index is 9.17. The molecule has 0 aromatic rings. The maximum Gasteiger partial charge on any atom is 0.0667 e. The van der Waals surface area contributed by atoms with Crippen molar-refractivity contribution in [1.29, 1.82) is 0 Å². The molecule has 1 aliphatic rings. The van der Waals surface area contributed by atoms with E-state index in [1.807, 2.05) is 27.7 Å². The van der Waals surface area contributed by atoms with Gasteiger partial charge in [-0.3, -0.25) is 0 Å². The molecule has 1 fully saturated rings. The van der Waals surface area contributed by atoms with Gasteiger partial charge in [0.1, 0.15) is 0 Å². The van der Waals surface area contributed by atoms with Gasteiger partial charge in [0.25, 0.3) is 0 Å². The fourth-order valence-electron chi connectivity index (χ4n) is 1.32. The highest BCUT2D eigenvalue weighted by molar-refractivity contribution is 4.69. The van der Waals surface area contributed by atoms with Crippen molar-refractivity contribution in [2.45, 2.75) is 53.6 Å². The second kappa shape index (κ2) is 11.9. The Hall–Kier alpha value is -0.0800. The number of piperidine rings is 1. The second-order valence-corrected chi connectivity index (χ2v) is 2.69. The van der Waals surface area contributed by atoms with Gasteiger partial charge in [-0.25, -0.2) is 0 Å². The van der Waals surface area contributed by atoms with Gasteiger partial charge < -0.3 is 10.0 Å². The van der Waals surface area contributed by atoms with E-state index in [1.54, 1.807) is 0 Å². The van der Waals surface area contributed by atoms with E-state index in [-0.39, 0.29) is 6.10 Å². The van der Waals surface area contributed by atoms with Crippen LogP contribution in [0.5, 0.6) is 0 Å². The SMILES string of the molecule is CC.CC.CCN1CCCC(O)C1. The quantitative estimate of drug-likeness (QED) is 0.685. The van der Waals surface area contributed by atoms with Crippen molar-refractivity contribution in [2.24, 2.45) is 0 Å². The molecule has 1 saturated heterocycles. The van der Waals surface area contributed by atoms with Crippen LogP contribution in [0.2, 0.25) is 0 Å². The number of hydrogen-bond donors (Lipinski definition) is 1. The van der Waals surface area contributed by atoms with E-state index < -0.39 is 0 Å². The Kier molecular flexibility index (Phi) is 14.1. The molecule has 0 saturated carbocycles. The molecule has 0 aromatic heterocycles. The Morgan fingerprint density at radius 2 is 1.77 bits per heavy atom. The smallest absolute Gasteiger partial charge is 0.0667 e. The molecule has 13 heavy (non-hydrogen) atoms. The Morgan fingerprint density at radius 1 is 1.23 bits per heavy atom. The fraction of sp³-hybridized carbons (Fsp3) is 1.00. The molecule has 0 spiro atoms. The van der Waals surface area contributed by atoms with Crippen molar-refractivity contribution in [3.63, 3.8) is 0 Å². The van der Waals surface area contributed by atoms with E-state index >= 15 is 0 Å². The van der Waals surface area contributed by atoms with Crippen molar-refractivity contribution < 1.29 is 5.11 Å². The van der Waals surface area contributed by atoms with Crippen LogP contribution in [0, 0.1) is 0 Å². The number of rotatable bonds is 1. The Bertz CT molecular complexity index is 86.2. The van der Waals surface area contributed by atoms with Crippen LogP contribution >= 0.6 is 0 Å². The normalized spacial score (nSPS) is 22.2. The molecule has 2 heteroatoms. The van der Waals surface area contributed by atoms with Gasteiger partial charge in [0.05, 0.1) is 6.10 Å². The standard InChI is InChI=1S/C7H15NO.2C2H6/c1-2-8-5-3-4-7(9)6-8;2*1-2/h7,9H,2-6H2,1H3;2*1-2H3. The minimum atomic E-state index is -0.0568. The third kappa shape index (κ3) is 8.26. The Labute approximate surface area is 83.9 Å². The third-order valence-electron chi connectivity index (χ3n) is 1.93. The summed E-state index contributed by atoms with van der Waals surface area (Å²) in [5, 5.41) is 9.17. The number of aliphatic hydroxyl groups is 1. The van der Waals surface area contributed by atoms with Gasteiger partial charge in [-0.2, -0.15) is 0 Å². The van der Waals surface area contributed by atoms with E-state index in [0.717, 1.165) is 25.9 Å². The highest BCUT2D eigenvalue weighted by Gasteiger charge is 2.14. The van der Waals surface area contributed by atoms with Crippen molar-refractivity contribution >= 4 is 0 Å². The zero-order chi connectivity index (χ0) is 10.7. The molecular formula is C11H27NO. The minimum Gasteiger partial charge on any atom is -0.392 e. The lowest BCUT2D eigenvalue weighted by Gasteiger charge is -2.28. The molecule has 2 nitrogen and oxygen atoms in total. The molecular weight excluding hydrogens is 162 g/mol. The topological polar surface area (TPSA) is 23.5 Å². The molecule has 1 atom stereocenters. The molecule has 1 N–H and O–H groups in total. The second-order valence-electron chi connectivity index (χ2n) is 2.69. The number of nitrogens with zero attached hydrogens (tertiary/aromatic N) is 1. The van der Waals surface area contributed by atoms with Crippen LogP contribution in [0.1, 0.15) is 47.5 Å². The highest BCUT2D eigenvalue weighted by atomic mass is 16.3. The summed E-state index contributed by atoms with van der Waals surface area (Å²) in [5.74, 6) is 0. The van der Waals surface area contributed by atoms with Crippen LogP contribution in [-0.4, -0.2) is 35.7 Å². The number of β-amino-alcohol motifs (C(OH)–C–C–N with tert-alkyl or cyclic N) is 1. The van der Waals surface area contributed by atoms with Crippen molar-refractivity contribution in [3.05, 3.63) is 0 Å². The molecule has 0 bridgehead atoms. The molecule has 82 valence electrons. The fourth-order valence-corrected chi connectivity index (χ4v) is 1.32. The lowest BCUT2D eigenvalue weighted by molar-refractivity contribution is 0.0737. The highest BCUT2D eigenvalue weighted by Crippen LogP contribution is 2.08. The number of aliphatic hydroxyl groups excluding tert-OH is 1. The lowest BCUT2D eigenvalue weighted by atomic mass is 10.1. The van der Waals surface area contributed by atoms with Gasteiger partial charge >= 0.3 is 0 Å². The number of likely N-dealkylation sites (tertiary alicyclic amines) is 1. The average molecular weight is 189 g/mol. The lowest BCUT2D eigenvalue weighted by Crippen LogP contribution is -2.37. The number of likely N-dealkylation sites (N-methyl/N-ethyl adjacent to an activating group) is 1. The third-order valence-corrected chi connectivity index (χ3v) is 1.93. The molecule has 1 heterocycles. The molecule has 1 unspecified atom stereocenters. The largest absolute Gasteiger partial charge is 0.392 e. The van der Waals surface area contributed by atoms with Gasteiger partial charge in [0, 0.05) is 6.54 Å². The summed E-state index contributed by atoms with van der Waals surface area (Å²) >= 11 is 0. The molecule has 0 amide bonds. The monoisotopic (exact) mass is 189 g/mol. The number of hydrogen-bond acceptors (Lipinski definition) is 2. The van der Waals surface area contributed by atoms with Gasteiger partial charge in [-0.1, -0.05) is 34.6 Å². The van der Waals surface area contributed by atoms with E-state index in [1.165, 1.54) is 6.54 Å². The van der Waals surface area contributed by atoms with Gasteiger partial charge in [0.15, 0.2) is 0 Å². The summed E-state index contributed by atoms with van der Waals surface area (Å²) in [6.07, 6.45) is 2.10. The van der Waals surface area contributed by atoms with E-state index in [9.17, 15) is 0 Å². The van der Waals surface area contributed by atoms with Crippen LogP contribution in [0.3, 0.4) is 0 Å². The van der Waals surface area contributed by atoms with E-state index in [0.29, 0.717) is 0 Å². The molecule has 0 radical (unpaired) electrons. The van der Waals surface area contributed by atoms with E-state index in [2.05, 4.69) is 11.8 Å². The predicted octanol–water partition coefficient (Wildman–Crippen LogP) is 2.52. The zero-order valence-electron chi connectivity index (χ0n) is 10.0. The summed E-state index contributed by atoms with van der Waals surface area (Å²) in [6, 6.07) is 0. The van der Waals surface area contributed by atoms with Gasteiger partial charge in [0.2, 0.25) is 0 Å². The first-order valence-corrected chi connectivity index (χ1v) is 5.73. The van der Waals surface area contributed by atoms with Crippen LogP contribution in [-0.2, 0) is 0 Å². The van der Waals surface area contributed by atoms with Crippen molar-refractivity contribution in [1.82, 2.24) is 4.90 Å². The summed E-state index contributed by atoms with van der Waals surface area (Å²) in [6.45, 7) is 13.3. The Morgan fingerprint density at radius 3 is 2.08 bits per heavy atom. The summed E-state index contributed by atoms with van der Waals surface area (Å²) in [4.78, 5) is 2.29. The summed E-state index contributed by atoms with van der Waals surface area (Å²) < 4.78 is 0. The first-order chi connectivity index (χ1) is 6.33.